The first kappa shape index (κ1) is 13.7. The SMILES string of the molecule is C/C(=C\c1ccc(F)cc1)C(=O)N1CCC[C@@H]1CO. The van der Waals surface area contributed by atoms with Crippen LogP contribution >= 0.6 is 0 Å². The van der Waals surface area contributed by atoms with Crippen molar-refractivity contribution in [3.05, 3.63) is 41.2 Å². The molecule has 1 amide bonds. The van der Waals surface area contributed by atoms with Gasteiger partial charge in [0, 0.05) is 12.1 Å². The van der Waals surface area contributed by atoms with Crippen LogP contribution in [-0.2, 0) is 4.79 Å². The third-order valence-corrected chi connectivity index (χ3v) is 3.44. The highest BCUT2D eigenvalue weighted by Gasteiger charge is 2.28. The van der Waals surface area contributed by atoms with Gasteiger partial charge in [-0.3, -0.25) is 4.79 Å². The van der Waals surface area contributed by atoms with Crippen molar-refractivity contribution in [1.82, 2.24) is 4.90 Å². The Kier molecular flexibility index (Phi) is 4.32. The fraction of sp³-hybridized carbons (Fsp3) is 0.400. The van der Waals surface area contributed by atoms with Crippen molar-refractivity contribution >= 4 is 12.0 Å². The minimum absolute atomic E-state index is 0.00949. The van der Waals surface area contributed by atoms with Gasteiger partial charge in [0.15, 0.2) is 0 Å². The topological polar surface area (TPSA) is 40.5 Å². The van der Waals surface area contributed by atoms with Crippen molar-refractivity contribution in [2.45, 2.75) is 25.8 Å². The van der Waals surface area contributed by atoms with Gasteiger partial charge in [0.05, 0.1) is 12.6 Å². The Morgan fingerprint density at radius 1 is 1.47 bits per heavy atom. The van der Waals surface area contributed by atoms with Crippen LogP contribution in [0.1, 0.15) is 25.3 Å². The Balaban J connectivity index is 2.12. The van der Waals surface area contributed by atoms with Crippen molar-refractivity contribution in [2.24, 2.45) is 0 Å². The van der Waals surface area contributed by atoms with Crippen molar-refractivity contribution in [3.63, 3.8) is 0 Å². The van der Waals surface area contributed by atoms with E-state index in [1.54, 1.807) is 30.0 Å². The molecule has 3 nitrogen and oxygen atoms in total. The van der Waals surface area contributed by atoms with Crippen molar-refractivity contribution < 1.29 is 14.3 Å². The number of nitrogens with zero attached hydrogens (tertiary/aromatic N) is 1. The van der Waals surface area contributed by atoms with E-state index >= 15 is 0 Å². The summed E-state index contributed by atoms with van der Waals surface area (Å²) in [4.78, 5) is 14.0. The molecule has 1 heterocycles. The summed E-state index contributed by atoms with van der Waals surface area (Å²) < 4.78 is 12.8. The van der Waals surface area contributed by atoms with Gasteiger partial charge in [-0.1, -0.05) is 12.1 Å². The van der Waals surface area contributed by atoms with Crippen LogP contribution in [0.2, 0.25) is 0 Å². The molecule has 1 aliphatic heterocycles. The van der Waals surface area contributed by atoms with Crippen LogP contribution < -0.4 is 0 Å². The maximum atomic E-state index is 12.8. The highest BCUT2D eigenvalue weighted by atomic mass is 19.1. The second kappa shape index (κ2) is 5.97. The summed E-state index contributed by atoms with van der Waals surface area (Å²) in [5, 5.41) is 9.23. The van der Waals surface area contributed by atoms with E-state index in [2.05, 4.69) is 0 Å². The smallest absolute Gasteiger partial charge is 0.249 e. The number of halogens is 1. The summed E-state index contributed by atoms with van der Waals surface area (Å²) in [6.07, 6.45) is 3.53. The van der Waals surface area contributed by atoms with Gasteiger partial charge in [-0.2, -0.15) is 0 Å². The van der Waals surface area contributed by atoms with E-state index in [0.717, 1.165) is 18.4 Å². The van der Waals surface area contributed by atoms with Gasteiger partial charge in [0.2, 0.25) is 5.91 Å². The third kappa shape index (κ3) is 3.20. The van der Waals surface area contributed by atoms with Crippen LogP contribution in [0.3, 0.4) is 0 Å². The molecule has 1 aromatic carbocycles. The lowest BCUT2D eigenvalue weighted by molar-refractivity contribution is -0.128. The van der Waals surface area contributed by atoms with Gasteiger partial charge in [-0.15, -0.1) is 0 Å². The van der Waals surface area contributed by atoms with Crippen molar-refractivity contribution in [2.75, 3.05) is 13.2 Å². The molecule has 2 rings (SSSR count). The molecule has 0 bridgehead atoms. The molecule has 19 heavy (non-hydrogen) atoms. The number of benzene rings is 1. The summed E-state index contributed by atoms with van der Waals surface area (Å²) in [5.41, 5.74) is 1.40. The predicted molar refractivity (Wildman–Crippen MR) is 71.9 cm³/mol. The quantitative estimate of drug-likeness (QED) is 0.849. The van der Waals surface area contributed by atoms with Gasteiger partial charge >= 0.3 is 0 Å². The molecular weight excluding hydrogens is 245 g/mol. The molecule has 102 valence electrons. The first-order valence-corrected chi connectivity index (χ1v) is 6.47. The van der Waals surface area contributed by atoms with Gasteiger partial charge in [-0.05, 0) is 43.5 Å². The normalized spacial score (nSPS) is 19.8. The Morgan fingerprint density at radius 3 is 2.79 bits per heavy atom. The zero-order chi connectivity index (χ0) is 13.8. The molecule has 1 aliphatic rings. The number of hydrogen-bond acceptors (Lipinski definition) is 2. The molecule has 0 spiro atoms. The minimum Gasteiger partial charge on any atom is -0.394 e. The number of aliphatic hydroxyl groups excluding tert-OH is 1. The van der Waals surface area contributed by atoms with Crippen LogP contribution in [0.15, 0.2) is 29.8 Å². The largest absolute Gasteiger partial charge is 0.394 e. The summed E-state index contributed by atoms with van der Waals surface area (Å²) >= 11 is 0. The molecule has 4 heteroatoms. The fourth-order valence-electron chi connectivity index (χ4n) is 2.39. The molecule has 0 aliphatic carbocycles. The molecule has 1 saturated heterocycles. The van der Waals surface area contributed by atoms with E-state index in [4.69, 9.17) is 0 Å². The molecular formula is C15H18FNO2. The maximum Gasteiger partial charge on any atom is 0.249 e. The van der Waals surface area contributed by atoms with Gasteiger partial charge < -0.3 is 10.0 Å². The highest BCUT2D eigenvalue weighted by Crippen LogP contribution is 2.20. The van der Waals surface area contributed by atoms with E-state index in [1.165, 1.54) is 12.1 Å². The molecule has 1 fully saturated rings. The Labute approximate surface area is 112 Å². The molecule has 1 aromatic rings. The number of carbonyl (C=O) groups is 1. The van der Waals surface area contributed by atoms with E-state index in [9.17, 15) is 14.3 Å². The predicted octanol–water partition coefficient (Wildman–Crippen LogP) is 2.21. The van der Waals surface area contributed by atoms with Crippen LogP contribution in [0, 0.1) is 5.82 Å². The number of likely N-dealkylation sites (tertiary alicyclic amines) is 1. The molecule has 1 N–H and O–H groups in total. The fourth-order valence-corrected chi connectivity index (χ4v) is 2.39. The van der Waals surface area contributed by atoms with Gasteiger partial charge in [-0.25, -0.2) is 4.39 Å². The van der Waals surface area contributed by atoms with Crippen LogP contribution in [-0.4, -0.2) is 35.1 Å². The first-order valence-electron chi connectivity index (χ1n) is 6.47. The standard InChI is InChI=1S/C15H18FNO2/c1-11(9-12-4-6-13(16)7-5-12)15(19)17-8-2-3-14(17)10-18/h4-7,9,14,18H,2-3,8,10H2,1H3/b11-9+/t14-/m1/s1. The lowest BCUT2D eigenvalue weighted by Gasteiger charge is -2.23. The Bertz CT molecular complexity index is 481. The van der Waals surface area contributed by atoms with Crippen LogP contribution in [0.4, 0.5) is 4.39 Å². The van der Waals surface area contributed by atoms with Crippen LogP contribution in [0.25, 0.3) is 6.08 Å². The second-order valence-electron chi connectivity index (χ2n) is 4.86. The van der Waals surface area contributed by atoms with Gasteiger partial charge in [0.25, 0.3) is 0 Å². The van der Waals surface area contributed by atoms with E-state index in [-0.39, 0.29) is 24.4 Å². The molecule has 0 saturated carbocycles. The summed E-state index contributed by atoms with van der Waals surface area (Å²) in [6.45, 7) is 2.45. The van der Waals surface area contributed by atoms with Crippen LogP contribution in [0.5, 0.6) is 0 Å². The third-order valence-electron chi connectivity index (χ3n) is 3.44. The highest BCUT2D eigenvalue weighted by molar-refractivity contribution is 5.97. The number of hydrogen-bond donors (Lipinski definition) is 1. The first-order chi connectivity index (χ1) is 9.11. The number of carbonyl (C=O) groups excluding carboxylic acids is 1. The van der Waals surface area contributed by atoms with Crippen molar-refractivity contribution in [1.29, 1.82) is 0 Å². The molecule has 1 atom stereocenters. The second-order valence-corrected chi connectivity index (χ2v) is 4.86. The lowest BCUT2D eigenvalue weighted by Crippen LogP contribution is -2.38. The van der Waals surface area contributed by atoms with Crippen molar-refractivity contribution in [3.8, 4) is 0 Å². The zero-order valence-electron chi connectivity index (χ0n) is 11.0. The molecule has 0 aromatic heterocycles. The average Bonchev–Trinajstić information content (AvgIpc) is 2.88. The Morgan fingerprint density at radius 2 is 2.16 bits per heavy atom. The zero-order valence-corrected chi connectivity index (χ0v) is 11.0. The summed E-state index contributed by atoms with van der Waals surface area (Å²) in [7, 11) is 0. The lowest BCUT2D eigenvalue weighted by atomic mass is 10.1. The molecule has 0 unspecified atom stereocenters. The number of rotatable bonds is 3. The number of amides is 1. The maximum absolute atomic E-state index is 12.8. The van der Waals surface area contributed by atoms with E-state index < -0.39 is 0 Å². The summed E-state index contributed by atoms with van der Waals surface area (Å²) in [5.74, 6) is -0.345. The minimum atomic E-state index is -0.291. The number of aliphatic hydroxyl groups is 1. The van der Waals surface area contributed by atoms with E-state index in [0.29, 0.717) is 12.1 Å². The Hall–Kier alpha value is -1.68. The summed E-state index contributed by atoms with van der Waals surface area (Å²) in [6, 6.07) is 5.95. The van der Waals surface area contributed by atoms with E-state index in [1.807, 2.05) is 0 Å². The molecule has 0 radical (unpaired) electrons. The van der Waals surface area contributed by atoms with Gasteiger partial charge in [0.1, 0.15) is 5.82 Å². The monoisotopic (exact) mass is 263 g/mol. The average molecular weight is 263 g/mol.